The highest BCUT2D eigenvalue weighted by atomic mass is 32.2. The van der Waals surface area contributed by atoms with Gasteiger partial charge < -0.3 is 29.3 Å². The van der Waals surface area contributed by atoms with E-state index in [0.29, 0.717) is 42.6 Å². The third-order valence-corrected chi connectivity index (χ3v) is 7.57. The summed E-state index contributed by atoms with van der Waals surface area (Å²) >= 11 is 1.81. The van der Waals surface area contributed by atoms with Crippen LogP contribution >= 0.6 is 11.8 Å². The molecule has 176 valence electrons. The predicted molar refractivity (Wildman–Crippen MR) is 128 cm³/mol. The van der Waals surface area contributed by atoms with E-state index in [2.05, 4.69) is 5.32 Å². The Kier molecular flexibility index (Phi) is 7.17. The number of rotatable bonds is 6. The van der Waals surface area contributed by atoms with Crippen molar-refractivity contribution in [2.75, 3.05) is 51.5 Å². The van der Waals surface area contributed by atoms with Crippen molar-refractivity contribution in [3.63, 3.8) is 0 Å². The van der Waals surface area contributed by atoms with E-state index in [0.717, 1.165) is 18.6 Å². The van der Waals surface area contributed by atoms with Crippen LogP contribution in [0.4, 0.5) is 10.5 Å². The Morgan fingerprint density at radius 2 is 1.64 bits per heavy atom. The molecule has 3 amide bonds. The summed E-state index contributed by atoms with van der Waals surface area (Å²) in [4.78, 5) is 29.3. The number of carbonyl (C=O) groups is 2. The highest BCUT2D eigenvalue weighted by molar-refractivity contribution is 8.00. The van der Waals surface area contributed by atoms with Gasteiger partial charge in [0.15, 0.2) is 6.61 Å². The number of hydrogen-bond acceptors (Lipinski definition) is 6. The topological polar surface area (TPSA) is 80.3 Å². The number of carbonyl (C=O) groups excluding carboxylic acids is 2. The number of nitrogens with one attached hydrogen (secondary N) is 1. The molecule has 0 aromatic heterocycles. The summed E-state index contributed by atoms with van der Waals surface area (Å²) in [6.45, 7) is 1.87. The zero-order chi connectivity index (χ0) is 23.3. The number of amides is 3. The van der Waals surface area contributed by atoms with Crippen LogP contribution in [0.1, 0.15) is 12.8 Å². The first kappa shape index (κ1) is 23.1. The zero-order valence-corrected chi connectivity index (χ0v) is 19.7. The third-order valence-electron chi connectivity index (χ3n) is 6.02. The maximum atomic E-state index is 12.9. The van der Waals surface area contributed by atoms with Gasteiger partial charge in [-0.05, 0) is 25.0 Å². The lowest BCUT2D eigenvalue weighted by Crippen LogP contribution is -2.55. The quantitative estimate of drug-likeness (QED) is 0.692. The smallest absolute Gasteiger partial charge is 0.321 e. The van der Waals surface area contributed by atoms with Crippen LogP contribution in [0, 0.1) is 0 Å². The molecule has 0 unspecified atom stereocenters. The Balaban J connectivity index is 1.34. The van der Waals surface area contributed by atoms with E-state index >= 15 is 0 Å². The number of nitrogens with zero attached hydrogens (tertiary/aromatic N) is 2. The minimum Gasteiger partial charge on any atom is -0.497 e. The van der Waals surface area contributed by atoms with Crippen molar-refractivity contribution in [3.05, 3.63) is 48.5 Å². The molecule has 2 fully saturated rings. The summed E-state index contributed by atoms with van der Waals surface area (Å²) in [7, 11) is 3.14. The van der Waals surface area contributed by atoms with Gasteiger partial charge in [-0.1, -0.05) is 18.2 Å². The summed E-state index contributed by atoms with van der Waals surface area (Å²) in [5.41, 5.74) is 0.613. The molecule has 0 saturated carbocycles. The summed E-state index contributed by atoms with van der Waals surface area (Å²) in [5, 5.41) is 2.93. The fourth-order valence-electron chi connectivity index (χ4n) is 4.26. The van der Waals surface area contributed by atoms with Gasteiger partial charge in [-0.2, -0.15) is 0 Å². The van der Waals surface area contributed by atoms with E-state index in [9.17, 15) is 9.59 Å². The van der Waals surface area contributed by atoms with Crippen molar-refractivity contribution in [2.45, 2.75) is 17.7 Å². The van der Waals surface area contributed by atoms with E-state index in [4.69, 9.17) is 14.2 Å². The maximum absolute atomic E-state index is 12.9. The van der Waals surface area contributed by atoms with Gasteiger partial charge in [0.2, 0.25) is 0 Å². The fraction of sp³-hybridized carbons (Fsp3) is 0.417. The van der Waals surface area contributed by atoms with E-state index in [1.54, 1.807) is 37.3 Å². The number of ether oxygens (including phenoxy) is 3. The van der Waals surface area contributed by atoms with Crippen LogP contribution in [0.25, 0.3) is 0 Å². The molecule has 0 atom stereocenters. The normalized spacial score (nSPS) is 17.0. The molecular formula is C24H29N3O5S. The van der Waals surface area contributed by atoms with E-state index < -0.39 is 0 Å². The maximum Gasteiger partial charge on any atom is 0.321 e. The van der Waals surface area contributed by atoms with Crippen LogP contribution in [0.2, 0.25) is 0 Å². The summed E-state index contributed by atoms with van der Waals surface area (Å²) < 4.78 is 16.2. The molecule has 2 aliphatic rings. The van der Waals surface area contributed by atoms with Crippen molar-refractivity contribution in [1.29, 1.82) is 0 Å². The lowest BCUT2D eigenvalue weighted by Gasteiger charge is -2.43. The zero-order valence-electron chi connectivity index (χ0n) is 18.9. The number of para-hydroxylation sites is 1. The Morgan fingerprint density at radius 1 is 0.970 bits per heavy atom. The average Bonchev–Trinajstić information content (AvgIpc) is 3.26. The number of piperidine rings is 1. The van der Waals surface area contributed by atoms with E-state index in [1.807, 2.05) is 47.0 Å². The largest absolute Gasteiger partial charge is 0.497 e. The number of thioether (sulfide) groups is 1. The number of benzene rings is 2. The Bertz CT molecular complexity index is 957. The molecule has 0 bridgehead atoms. The van der Waals surface area contributed by atoms with Crippen molar-refractivity contribution < 1.29 is 23.8 Å². The van der Waals surface area contributed by atoms with Gasteiger partial charge in [-0.25, -0.2) is 4.79 Å². The molecule has 4 rings (SSSR count). The van der Waals surface area contributed by atoms with E-state index in [-0.39, 0.29) is 23.4 Å². The fourth-order valence-corrected chi connectivity index (χ4v) is 5.73. The van der Waals surface area contributed by atoms with Crippen LogP contribution in [0.15, 0.2) is 48.5 Å². The standard InChI is InChI=1S/C24H29N3O5S/c1-30-20-14-18(15-21(16-20)31-2)25-23(29)26-10-8-24(9-11-26)27(12-13-33-24)22(28)17-32-19-6-4-3-5-7-19/h3-7,14-16H,8-13,17H2,1-2H3,(H,25,29). The van der Waals surface area contributed by atoms with Gasteiger partial charge in [0.05, 0.1) is 19.1 Å². The van der Waals surface area contributed by atoms with Crippen LogP contribution in [-0.2, 0) is 4.79 Å². The molecule has 0 aliphatic carbocycles. The Morgan fingerprint density at radius 3 is 2.27 bits per heavy atom. The number of likely N-dealkylation sites (tertiary alicyclic amines) is 1. The van der Waals surface area contributed by atoms with Crippen LogP contribution in [-0.4, -0.2) is 72.8 Å². The van der Waals surface area contributed by atoms with E-state index in [1.165, 1.54) is 0 Å². The number of urea groups is 1. The highest BCUT2D eigenvalue weighted by Gasteiger charge is 2.46. The Hall–Kier alpha value is -3.07. The van der Waals surface area contributed by atoms with Gasteiger partial charge >= 0.3 is 6.03 Å². The van der Waals surface area contributed by atoms with Crippen molar-refractivity contribution in [1.82, 2.24) is 9.80 Å². The van der Waals surface area contributed by atoms with Gasteiger partial charge in [0, 0.05) is 49.3 Å². The lowest BCUT2D eigenvalue weighted by molar-refractivity contribution is -0.136. The summed E-state index contributed by atoms with van der Waals surface area (Å²) in [6.07, 6.45) is 1.45. The van der Waals surface area contributed by atoms with Gasteiger partial charge in [0.25, 0.3) is 5.91 Å². The molecule has 33 heavy (non-hydrogen) atoms. The number of methoxy groups -OCH3 is 2. The van der Waals surface area contributed by atoms with Crippen molar-refractivity contribution in [2.24, 2.45) is 0 Å². The SMILES string of the molecule is COc1cc(NC(=O)N2CCC3(CC2)SCCN3C(=O)COc2ccccc2)cc(OC)c1. The molecule has 2 aliphatic heterocycles. The molecule has 2 aromatic carbocycles. The average molecular weight is 472 g/mol. The van der Waals surface area contributed by atoms with Crippen molar-refractivity contribution in [3.8, 4) is 17.2 Å². The summed E-state index contributed by atoms with van der Waals surface area (Å²) in [6, 6.07) is 14.5. The first-order valence-electron chi connectivity index (χ1n) is 10.9. The summed E-state index contributed by atoms with van der Waals surface area (Å²) in [5.74, 6) is 2.79. The first-order valence-corrected chi connectivity index (χ1v) is 11.9. The second-order valence-electron chi connectivity index (χ2n) is 7.96. The molecule has 8 nitrogen and oxygen atoms in total. The molecular weight excluding hydrogens is 442 g/mol. The van der Waals surface area contributed by atoms with Crippen LogP contribution in [0.5, 0.6) is 17.2 Å². The molecule has 0 radical (unpaired) electrons. The predicted octanol–water partition coefficient (Wildman–Crippen LogP) is 3.68. The van der Waals surface area contributed by atoms with Crippen LogP contribution in [0.3, 0.4) is 0 Å². The number of hydrogen-bond donors (Lipinski definition) is 1. The monoisotopic (exact) mass is 471 g/mol. The first-order chi connectivity index (χ1) is 16.0. The highest BCUT2D eigenvalue weighted by Crippen LogP contribution is 2.44. The van der Waals surface area contributed by atoms with Gasteiger partial charge in [-0.3, -0.25) is 4.79 Å². The van der Waals surface area contributed by atoms with Crippen LogP contribution < -0.4 is 19.5 Å². The molecule has 1 spiro atoms. The lowest BCUT2D eigenvalue weighted by atomic mass is 10.0. The minimum atomic E-state index is -0.271. The van der Waals surface area contributed by atoms with Gasteiger partial charge in [-0.15, -0.1) is 11.8 Å². The molecule has 2 saturated heterocycles. The molecule has 9 heteroatoms. The second-order valence-corrected chi connectivity index (χ2v) is 9.42. The minimum absolute atomic E-state index is 0.00905. The second kappa shape index (κ2) is 10.2. The molecule has 2 heterocycles. The third kappa shape index (κ3) is 5.30. The van der Waals surface area contributed by atoms with Gasteiger partial charge in [0.1, 0.15) is 17.2 Å². The number of anilines is 1. The molecule has 2 aromatic rings. The molecule has 1 N–H and O–H groups in total. The Labute approximate surface area is 198 Å². The van der Waals surface area contributed by atoms with Crippen molar-refractivity contribution >= 4 is 29.4 Å².